The van der Waals surface area contributed by atoms with Gasteiger partial charge in [0.25, 0.3) is 5.91 Å². The molecule has 2 fully saturated rings. The first-order valence-electron chi connectivity index (χ1n) is 9.67. The molecular weight excluding hydrogens is 346 g/mol. The topological polar surface area (TPSA) is 86.3 Å². The van der Waals surface area contributed by atoms with Gasteiger partial charge in [0, 0.05) is 30.9 Å². The molecule has 1 aromatic rings. The van der Waals surface area contributed by atoms with Crippen LogP contribution in [-0.4, -0.2) is 57.1 Å². The molecule has 3 N–H and O–H groups in total. The smallest absolute Gasteiger partial charge is 0.278 e. The second-order valence-electron chi connectivity index (χ2n) is 7.46. The molecule has 7 nitrogen and oxygen atoms in total. The van der Waals surface area contributed by atoms with Gasteiger partial charge < -0.3 is 25.0 Å². The standard InChI is InChI=1S/C20H29N3O4/c1-26-15-5-6-18(27-2)16(12-15)17-4-3-9-23(17)19(24)13-22-10-7-14(8-11-22)20(21)25/h5-6,12,14,17H,3-4,7-11,13H2,1-2H3,(H2,21,25)/p+1/t17-/m0/s1. The molecule has 2 heterocycles. The van der Waals surface area contributed by atoms with Crippen molar-refractivity contribution in [2.24, 2.45) is 11.7 Å². The van der Waals surface area contributed by atoms with E-state index in [9.17, 15) is 9.59 Å². The third-order valence-corrected chi connectivity index (χ3v) is 5.87. The molecule has 0 radical (unpaired) electrons. The monoisotopic (exact) mass is 376 g/mol. The van der Waals surface area contributed by atoms with E-state index in [0.29, 0.717) is 6.54 Å². The zero-order chi connectivity index (χ0) is 19.4. The van der Waals surface area contributed by atoms with Crippen LogP contribution in [0.1, 0.15) is 37.3 Å². The number of primary amides is 1. The minimum Gasteiger partial charge on any atom is -0.497 e. The molecule has 7 heteroatoms. The van der Waals surface area contributed by atoms with Crippen LogP contribution in [0.2, 0.25) is 0 Å². The summed E-state index contributed by atoms with van der Waals surface area (Å²) in [6.45, 7) is 2.87. The van der Waals surface area contributed by atoms with Gasteiger partial charge in [0.2, 0.25) is 5.91 Å². The van der Waals surface area contributed by atoms with E-state index < -0.39 is 0 Å². The number of carbonyl (C=O) groups excluding carboxylic acids is 2. The zero-order valence-corrected chi connectivity index (χ0v) is 16.2. The van der Waals surface area contributed by atoms with Crippen LogP contribution < -0.4 is 20.1 Å². The number of hydrogen-bond acceptors (Lipinski definition) is 4. The molecule has 3 rings (SSSR count). The molecule has 0 spiro atoms. The predicted molar refractivity (Wildman–Crippen MR) is 101 cm³/mol. The molecule has 0 unspecified atom stereocenters. The summed E-state index contributed by atoms with van der Waals surface area (Å²) >= 11 is 0. The van der Waals surface area contributed by atoms with Crippen LogP contribution in [0.15, 0.2) is 18.2 Å². The molecule has 0 saturated carbocycles. The van der Waals surface area contributed by atoms with E-state index >= 15 is 0 Å². The lowest BCUT2D eigenvalue weighted by Crippen LogP contribution is -3.14. The molecule has 27 heavy (non-hydrogen) atoms. The average Bonchev–Trinajstić information content (AvgIpc) is 3.17. The number of hydrogen-bond donors (Lipinski definition) is 2. The van der Waals surface area contributed by atoms with Gasteiger partial charge in [-0.05, 0) is 31.0 Å². The Kier molecular flexibility index (Phi) is 6.21. The number of carbonyl (C=O) groups is 2. The number of likely N-dealkylation sites (tertiary alicyclic amines) is 2. The van der Waals surface area contributed by atoms with Gasteiger partial charge in [-0.15, -0.1) is 0 Å². The van der Waals surface area contributed by atoms with Gasteiger partial charge in [0.05, 0.1) is 33.4 Å². The summed E-state index contributed by atoms with van der Waals surface area (Å²) in [5, 5.41) is 0. The van der Waals surface area contributed by atoms with Crippen LogP contribution in [0, 0.1) is 5.92 Å². The maximum absolute atomic E-state index is 13.0. The van der Waals surface area contributed by atoms with E-state index in [0.717, 1.165) is 62.4 Å². The van der Waals surface area contributed by atoms with Crippen molar-refractivity contribution < 1.29 is 24.0 Å². The molecule has 0 aliphatic carbocycles. The first-order chi connectivity index (χ1) is 13.0. The summed E-state index contributed by atoms with van der Waals surface area (Å²) in [4.78, 5) is 27.5. The van der Waals surface area contributed by atoms with Gasteiger partial charge in [0.15, 0.2) is 6.54 Å². The van der Waals surface area contributed by atoms with Crippen LogP contribution in [0.5, 0.6) is 11.5 Å². The first-order valence-corrected chi connectivity index (χ1v) is 9.67. The van der Waals surface area contributed by atoms with E-state index in [4.69, 9.17) is 15.2 Å². The Morgan fingerprint density at radius 3 is 2.56 bits per heavy atom. The normalized spacial score (nSPS) is 25.3. The van der Waals surface area contributed by atoms with Crippen LogP contribution >= 0.6 is 0 Å². The third-order valence-electron chi connectivity index (χ3n) is 5.87. The Morgan fingerprint density at radius 1 is 1.19 bits per heavy atom. The lowest BCUT2D eigenvalue weighted by molar-refractivity contribution is -0.898. The van der Waals surface area contributed by atoms with Crippen molar-refractivity contribution in [3.63, 3.8) is 0 Å². The van der Waals surface area contributed by atoms with Crippen LogP contribution in [0.4, 0.5) is 0 Å². The lowest BCUT2D eigenvalue weighted by Gasteiger charge is -2.31. The van der Waals surface area contributed by atoms with E-state index in [1.54, 1.807) is 14.2 Å². The molecular formula is C20H30N3O4+. The van der Waals surface area contributed by atoms with Gasteiger partial charge in [-0.2, -0.15) is 0 Å². The Morgan fingerprint density at radius 2 is 1.93 bits per heavy atom. The number of benzene rings is 1. The molecule has 148 valence electrons. The van der Waals surface area contributed by atoms with Gasteiger partial charge in [-0.1, -0.05) is 0 Å². The van der Waals surface area contributed by atoms with E-state index in [1.807, 2.05) is 23.1 Å². The Labute approximate surface area is 160 Å². The number of piperidine rings is 1. The Bertz CT molecular complexity index is 686. The minimum atomic E-state index is -0.217. The van der Waals surface area contributed by atoms with Crippen molar-refractivity contribution in [3.05, 3.63) is 23.8 Å². The van der Waals surface area contributed by atoms with Crippen molar-refractivity contribution in [2.45, 2.75) is 31.7 Å². The molecule has 0 aromatic heterocycles. The highest BCUT2D eigenvalue weighted by Crippen LogP contribution is 2.38. The Hall–Kier alpha value is -2.28. The number of ether oxygens (including phenoxy) is 2. The van der Waals surface area contributed by atoms with Crippen molar-refractivity contribution in [1.29, 1.82) is 0 Å². The molecule has 2 amide bonds. The number of nitrogens with one attached hydrogen (secondary N) is 1. The minimum absolute atomic E-state index is 0.0186. The van der Waals surface area contributed by atoms with Crippen LogP contribution in [-0.2, 0) is 9.59 Å². The first kappa shape index (κ1) is 19.5. The molecule has 2 aliphatic heterocycles. The summed E-state index contributed by atoms with van der Waals surface area (Å²) in [6.07, 6.45) is 3.44. The molecule has 1 atom stereocenters. The highest BCUT2D eigenvalue weighted by atomic mass is 16.5. The number of methoxy groups -OCH3 is 2. The maximum Gasteiger partial charge on any atom is 0.278 e. The van der Waals surface area contributed by atoms with Crippen molar-refractivity contribution >= 4 is 11.8 Å². The van der Waals surface area contributed by atoms with E-state index in [1.165, 1.54) is 4.90 Å². The second-order valence-corrected chi connectivity index (χ2v) is 7.46. The summed E-state index contributed by atoms with van der Waals surface area (Å²) in [6, 6.07) is 5.76. The van der Waals surface area contributed by atoms with Crippen molar-refractivity contribution in [1.82, 2.24) is 4.90 Å². The lowest BCUT2D eigenvalue weighted by atomic mass is 9.96. The second kappa shape index (κ2) is 8.61. The predicted octanol–water partition coefficient (Wildman–Crippen LogP) is 0.148. The van der Waals surface area contributed by atoms with Gasteiger partial charge >= 0.3 is 0 Å². The van der Waals surface area contributed by atoms with Gasteiger partial charge in [-0.3, -0.25) is 9.59 Å². The summed E-state index contributed by atoms with van der Waals surface area (Å²) in [7, 11) is 3.29. The Balaban J connectivity index is 1.68. The number of rotatable bonds is 6. The number of quaternary nitrogens is 1. The van der Waals surface area contributed by atoms with Crippen molar-refractivity contribution in [3.8, 4) is 11.5 Å². The van der Waals surface area contributed by atoms with Crippen LogP contribution in [0.3, 0.4) is 0 Å². The third kappa shape index (κ3) is 4.35. The van der Waals surface area contributed by atoms with Gasteiger partial charge in [-0.25, -0.2) is 0 Å². The van der Waals surface area contributed by atoms with Gasteiger partial charge in [0.1, 0.15) is 11.5 Å². The van der Waals surface area contributed by atoms with Crippen molar-refractivity contribution in [2.75, 3.05) is 40.4 Å². The fourth-order valence-electron chi connectivity index (χ4n) is 4.29. The number of nitrogens with two attached hydrogens (primary N) is 1. The molecule has 0 bridgehead atoms. The highest BCUT2D eigenvalue weighted by Gasteiger charge is 2.35. The number of nitrogens with zero attached hydrogens (tertiary/aromatic N) is 1. The quantitative estimate of drug-likeness (QED) is 0.740. The van der Waals surface area contributed by atoms with E-state index in [2.05, 4.69) is 0 Å². The maximum atomic E-state index is 13.0. The summed E-state index contributed by atoms with van der Waals surface area (Å²) < 4.78 is 10.9. The molecule has 2 aliphatic rings. The molecule has 2 saturated heterocycles. The molecule has 1 aromatic carbocycles. The van der Waals surface area contributed by atoms with E-state index in [-0.39, 0.29) is 23.8 Å². The number of amides is 2. The summed E-state index contributed by atoms with van der Waals surface area (Å²) in [5.41, 5.74) is 6.41. The highest BCUT2D eigenvalue weighted by molar-refractivity contribution is 5.78. The SMILES string of the molecule is COc1ccc(OC)c([C@@H]2CCCN2C(=O)C[NH+]2CCC(C(N)=O)CC2)c1. The fraction of sp³-hybridized carbons (Fsp3) is 0.600. The van der Waals surface area contributed by atoms with Crippen LogP contribution in [0.25, 0.3) is 0 Å². The zero-order valence-electron chi connectivity index (χ0n) is 16.2. The summed E-state index contributed by atoms with van der Waals surface area (Å²) in [5.74, 6) is 1.46. The largest absolute Gasteiger partial charge is 0.497 e. The fourth-order valence-corrected chi connectivity index (χ4v) is 4.29. The average molecular weight is 376 g/mol.